The van der Waals surface area contributed by atoms with Crippen LogP contribution in [0.2, 0.25) is 0 Å². The number of hydrogen-bond acceptors (Lipinski definition) is 3. The summed E-state index contributed by atoms with van der Waals surface area (Å²) in [7, 11) is 0. The van der Waals surface area contributed by atoms with Gasteiger partial charge in [0.25, 0.3) is 5.91 Å². The van der Waals surface area contributed by atoms with Crippen LogP contribution in [0.1, 0.15) is 34.5 Å². The van der Waals surface area contributed by atoms with Crippen molar-refractivity contribution in [3.8, 4) is 0 Å². The molecule has 2 N–H and O–H groups in total. The minimum Gasteiger partial charge on any atom is -0.438 e. The number of nitrogens with zero attached hydrogens (tertiary/aromatic N) is 1. The van der Waals surface area contributed by atoms with Crippen molar-refractivity contribution < 1.29 is 14.3 Å². The molecule has 28 heavy (non-hydrogen) atoms. The number of carbonyl (C=O) groups excluding carboxylic acids is 2. The van der Waals surface area contributed by atoms with Gasteiger partial charge in [0, 0.05) is 42.4 Å². The van der Waals surface area contributed by atoms with E-state index in [-0.39, 0.29) is 5.91 Å². The van der Waals surface area contributed by atoms with Gasteiger partial charge in [-0.1, -0.05) is 36.4 Å². The number of anilines is 1. The quantitative estimate of drug-likeness (QED) is 0.670. The van der Waals surface area contributed by atoms with Crippen LogP contribution >= 0.6 is 0 Å². The van der Waals surface area contributed by atoms with Gasteiger partial charge in [-0.3, -0.25) is 10.1 Å². The molecule has 1 fully saturated rings. The fraction of sp³-hybridized carbons (Fsp3) is 0.273. The lowest BCUT2D eigenvalue weighted by molar-refractivity contribution is -0.0332. The number of amides is 2. The maximum absolute atomic E-state index is 13.0. The minimum absolute atomic E-state index is 0.0148. The maximum atomic E-state index is 13.0. The van der Waals surface area contributed by atoms with Crippen LogP contribution in [0, 0.1) is 6.92 Å². The molecule has 5 rings (SSSR count). The fourth-order valence-corrected chi connectivity index (χ4v) is 4.39. The fourth-order valence-electron chi connectivity index (χ4n) is 4.39. The number of aromatic amines is 1. The lowest BCUT2D eigenvalue weighted by Gasteiger charge is -2.44. The normalized spacial score (nSPS) is 17.9. The van der Waals surface area contributed by atoms with Crippen molar-refractivity contribution in [3.63, 3.8) is 0 Å². The number of piperidine rings is 1. The monoisotopic (exact) mass is 375 g/mol. The van der Waals surface area contributed by atoms with Gasteiger partial charge < -0.3 is 14.6 Å². The third kappa shape index (κ3) is 2.56. The van der Waals surface area contributed by atoms with Crippen molar-refractivity contribution in [3.05, 3.63) is 65.4 Å². The number of ether oxygens (including phenoxy) is 1. The number of H-pyrrole nitrogens is 1. The van der Waals surface area contributed by atoms with Gasteiger partial charge in [-0.05, 0) is 24.6 Å². The largest absolute Gasteiger partial charge is 0.438 e. The highest BCUT2D eigenvalue weighted by Gasteiger charge is 2.45. The third-order valence-electron chi connectivity index (χ3n) is 5.90. The van der Waals surface area contributed by atoms with E-state index in [1.807, 2.05) is 60.4 Å². The highest BCUT2D eigenvalue weighted by molar-refractivity contribution is 5.98. The van der Waals surface area contributed by atoms with Crippen LogP contribution in [0.4, 0.5) is 10.5 Å². The molecule has 0 saturated carbocycles. The molecule has 2 amide bonds. The summed E-state index contributed by atoms with van der Waals surface area (Å²) in [5.41, 5.74) is 3.84. The number of rotatable bonds is 1. The molecule has 3 heterocycles. The van der Waals surface area contributed by atoms with Crippen LogP contribution in [0.5, 0.6) is 0 Å². The molecule has 2 aliphatic heterocycles. The van der Waals surface area contributed by atoms with Gasteiger partial charge >= 0.3 is 6.09 Å². The van der Waals surface area contributed by atoms with E-state index in [0.717, 1.165) is 27.7 Å². The Hall–Kier alpha value is -3.28. The number of aromatic nitrogens is 1. The molecule has 1 spiro atoms. The summed E-state index contributed by atoms with van der Waals surface area (Å²) in [5, 5.41) is 3.80. The number of carbonyl (C=O) groups is 2. The van der Waals surface area contributed by atoms with Crippen LogP contribution in [0.3, 0.4) is 0 Å². The highest BCUT2D eigenvalue weighted by Crippen LogP contribution is 2.43. The summed E-state index contributed by atoms with van der Waals surface area (Å²) in [6.07, 6.45) is 0.745. The van der Waals surface area contributed by atoms with Crippen molar-refractivity contribution in [2.75, 3.05) is 18.4 Å². The molecule has 0 radical (unpaired) electrons. The number of benzene rings is 2. The van der Waals surface area contributed by atoms with Gasteiger partial charge in [-0.25, -0.2) is 4.79 Å². The van der Waals surface area contributed by atoms with E-state index in [4.69, 9.17) is 4.74 Å². The molecular weight excluding hydrogens is 354 g/mol. The van der Waals surface area contributed by atoms with Crippen molar-refractivity contribution in [1.29, 1.82) is 0 Å². The first-order valence-corrected chi connectivity index (χ1v) is 9.53. The van der Waals surface area contributed by atoms with E-state index in [0.29, 0.717) is 31.6 Å². The molecule has 1 aromatic heterocycles. The van der Waals surface area contributed by atoms with E-state index in [1.165, 1.54) is 0 Å². The summed E-state index contributed by atoms with van der Waals surface area (Å²) < 4.78 is 5.74. The molecule has 2 aromatic carbocycles. The third-order valence-corrected chi connectivity index (χ3v) is 5.90. The zero-order chi connectivity index (χ0) is 19.3. The van der Waals surface area contributed by atoms with Crippen molar-refractivity contribution in [2.24, 2.45) is 0 Å². The van der Waals surface area contributed by atoms with Crippen molar-refractivity contribution >= 4 is 28.6 Å². The number of aryl methyl sites for hydroxylation is 1. The second-order valence-corrected chi connectivity index (χ2v) is 7.57. The van der Waals surface area contributed by atoms with Gasteiger partial charge in [0.15, 0.2) is 0 Å². The number of para-hydroxylation sites is 2. The maximum Gasteiger partial charge on any atom is 0.412 e. The van der Waals surface area contributed by atoms with Gasteiger partial charge in [0.2, 0.25) is 0 Å². The molecule has 0 unspecified atom stereocenters. The Labute approximate surface area is 162 Å². The van der Waals surface area contributed by atoms with E-state index in [9.17, 15) is 9.59 Å². The second-order valence-electron chi connectivity index (χ2n) is 7.57. The Bertz CT molecular complexity index is 1090. The topological polar surface area (TPSA) is 74.4 Å². The average Bonchev–Trinajstić information content (AvgIpc) is 3.14. The van der Waals surface area contributed by atoms with Gasteiger partial charge in [-0.2, -0.15) is 0 Å². The summed E-state index contributed by atoms with van der Waals surface area (Å²) in [6, 6.07) is 15.7. The molecule has 6 heteroatoms. The predicted molar refractivity (Wildman–Crippen MR) is 106 cm³/mol. The minimum atomic E-state index is -0.660. The first kappa shape index (κ1) is 16.9. The van der Waals surface area contributed by atoms with E-state index < -0.39 is 11.7 Å². The Balaban J connectivity index is 1.39. The molecule has 0 atom stereocenters. The number of hydrogen-bond donors (Lipinski definition) is 2. The van der Waals surface area contributed by atoms with E-state index in [1.54, 1.807) is 0 Å². The molecule has 1 saturated heterocycles. The van der Waals surface area contributed by atoms with E-state index in [2.05, 4.69) is 10.3 Å². The van der Waals surface area contributed by atoms with Crippen LogP contribution in [-0.2, 0) is 10.3 Å². The molecule has 142 valence electrons. The standard InChI is InChI=1S/C22H21N3O3/c1-14-5-4-6-15-13-18(23-19(14)15)20(26)25-11-9-22(10-12-25)16-7-2-3-8-17(16)24-21(27)28-22/h2-8,13,23H,9-12H2,1H3,(H,24,27). The molecule has 2 aliphatic rings. The van der Waals surface area contributed by atoms with Crippen LogP contribution in [0.25, 0.3) is 10.9 Å². The Kier molecular flexibility index (Phi) is 3.69. The molecule has 3 aromatic rings. The number of fused-ring (bicyclic) bond motifs is 3. The van der Waals surface area contributed by atoms with Crippen molar-refractivity contribution in [2.45, 2.75) is 25.4 Å². The number of likely N-dealkylation sites (tertiary alicyclic amines) is 1. The first-order valence-electron chi connectivity index (χ1n) is 9.53. The summed E-state index contributed by atoms with van der Waals surface area (Å²) in [6.45, 7) is 3.10. The Morgan fingerprint density at radius 3 is 2.68 bits per heavy atom. The highest BCUT2D eigenvalue weighted by atomic mass is 16.6. The lowest BCUT2D eigenvalue weighted by Crippen LogP contribution is -2.49. The zero-order valence-corrected chi connectivity index (χ0v) is 15.6. The van der Waals surface area contributed by atoms with Crippen LogP contribution < -0.4 is 5.32 Å². The Morgan fingerprint density at radius 2 is 1.89 bits per heavy atom. The van der Waals surface area contributed by atoms with Gasteiger partial charge in [-0.15, -0.1) is 0 Å². The predicted octanol–water partition coefficient (Wildman–Crippen LogP) is 4.17. The van der Waals surface area contributed by atoms with E-state index >= 15 is 0 Å². The number of nitrogens with one attached hydrogen (secondary N) is 2. The molecule has 0 bridgehead atoms. The van der Waals surface area contributed by atoms with Gasteiger partial charge in [0.1, 0.15) is 11.3 Å². The average molecular weight is 375 g/mol. The zero-order valence-electron chi connectivity index (χ0n) is 15.6. The summed E-state index contributed by atoms with van der Waals surface area (Å²) >= 11 is 0. The first-order chi connectivity index (χ1) is 13.6. The molecule has 0 aliphatic carbocycles. The van der Waals surface area contributed by atoms with Crippen LogP contribution in [-0.4, -0.2) is 35.0 Å². The van der Waals surface area contributed by atoms with Crippen molar-refractivity contribution in [1.82, 2.24) is 9.88 Å². The molecular formula is C22H21N3O3. The summed E-state index contributed by atoms with van der Waals surface area (Å²) in [5.74, 6) is -0.0148. The second kappa shape index (κ2) is 6.12. The summed E-state index contributed by atoms with van der Waals surface area (Å²) in [4.78, 5) is 30.2. The Morgan fingerprint density at radius 1 is 1.11 bits per heavy atom. The smallest absolute Gasteiger partial charge is 0.412 e. The van der Waals surface area contributed by atoms with Crippen LogP contribution in [0.15, 0.2) is 48.5 Å². The molecule has 6 nitrogen and oxygen atoms in total. The lowest BCUT2D eigenvalue weighted by atomic mass is 9.82. The van der Waals surface area contributed by atoms with Gasteiger partial charge in [0.05, 0.1) is 5.69 Å². The SMILES string of the molecule is Cc1cccc2cc(C(=O)N3CCC4(CC3)OC(=O)Nc3ccccc34)[nH]c12.